The monoisotopic (exact) mass is 235 g/mol. The van der Waals surface area contributed by atoms with Gasteiger partial charge in [0.25, 0.3) is 0 Å². The van der Waals surface area contributed by atoms with Gasteiger partial charge in [0.2, 0.25) is 0 Å². The maximum atomic E-state index is 2.33. The molecule has 1 heteroatoms. The van der Waals surface area contributed by atoms with Gasteiger partial charge in [-0.2, -0.15) is 0 Å². The van der Waals surface area contributed by atoms with Crippen LogP contribution in [-0.4, -0.2) is 21.6 Å². The van der Waals surface area contributed by atoms with Crippen LogP contribution in [0.4, 0.5) is 0 Å². The second-order valence-corrected chi connectivity index (χ2v) is 6.74. The van der Waals surface area contributed by atoms with E-state index in [1.54, 1.807) is 8.73 Å². The van der Waals surface area contributed by atoms with E-state index in [0.717, 1.165) is 11.8 Å². The van der Waals surface area contributed by atoms with Gasteiger partial charge in [0.05, 0.1) is 0 Å². The van der Waals surface area contributed by atoms with Crippen LogP contribution in [-0.2, 0) is 0 Å². The van der Waals surface area contributed by atoms with Crippen LogP contribution in [0.1, 0.15) is 27.7 Å². The molecule has 0 saturated heterocycles. The second-order valence-electron chi connectivity index (χ2n) is 3.38. The molecule has 55 valence electrons. The zero-order valence-corrected chi connectivity index (χ0v) is 9.57. The van der Waals surface area contributed by atoms with Crippen LogP contribution in [0, 0.1) is 11.8 Å². The minimum absolute atomic E-state index is 0.229. The van der Waals surface area contributed by atoms with Crippen molar-refractivity contribution in [1.82, 2.24) is 0 Å². The Hall–Kier alpha value is 0.818. The number of rotatable bonds is 4. The Balaban J connectivity index is 2.91. The number of hydrogen-bond donors (Lipinski definition) is 0. The topological polar surface area (TPSA) is 0 Å². The van der Waals surface area contributed by atoms with Crippen molar-refractivity contribution in [2.75, 3.05) is 0 Å². The van der Waals surface area contributed by atoms with E-state index in [2.05, 4.69) is 27.7 Å². The van der Waals surface area contributed by atoms with Gasteiger partial charge in [-0.1, -0.05) is 0 Å². The Bertz CT molecular complexity index is 49.6. The van der Waals surface area contributed by atoms with Crippen molar-refractivity contribution in [3.8, 4) is 0 Å². The molecule has 9 heavy (non-hydrogen) atoms. The van der Waals surface area contributed by atoms with Crippen molar-refractivity contribution in [3.05, 3.63) is 0 Å². The molecule has 0 spiro atoms. The minimum atomic E-state index is 0.229. The molecule has 0 fully saturated rings. The first-order valence-corrected chi connectivity index (χ1v) is 7.37. The third kappa shape index (κ3) is 8.82. The van der Waals surface area contributed by atoms with Crippen LogP contribution in [0.3, 0.4) is 0 Å². The summed E-state index contributed by atoms with van der Waals surface area (Å²) in [6.45, 7) is 9.32. The van der Waals surface area contributed by atoms with Crippen molar-refractivity contribution in [1.29, 1.82) is 0 Å². The molecular formula is C8H18Sb. The van der Waals surface area contributed by atoms with Crippen LogP contribution in [0.2, 0.25) is 8.73 Å². The summed E-state index contributed by atoms with van der Waals surface area (Å²) >= 11 is 0.229. The standard InChI is InChI=1S/2C4H9.Sb/c2*1-4(2)3;/h2*4H,1H2,2-3H3;. The first kappa shape index (κ1) is 9.82. The van der Waals surface area contributed by atoms with Gasteiger partial charge in [-0.15, -0.1) is 0 Å². The molecule has 0 rings (SSSR count). The van der Waals surface area contributed by atoms with Crippen molar-refractivity contribution in [2.24, 2.45) is 11.8 Å². The van der Waals surface area contributed by atoms with Gasteiger partial charge in [0, 0.05) is 0 Å². The van der Waals surface area contributed by atoms with Gasteiger partial charge >= 0.3 is 69.9 Å². The summed E-state index contributed by atoms with van der Waals surface area (Å²) in [5.41, 5.74) is 0. The molecule has 0 heterocycles. The fraction of sp³-hybridized carbons (Fsp3) is 1.00. The number of hydrogen-bond acceptors (Lipinski definition) is 0. The molecular weight excluding hydrogens is 218 g/mol. The quantitative estimate of drug-likeness (QED) is 0.658. The molecule has 0 aliphatic rings. The predicted molar refractivity (Wildman–Crippen MR) is 45.0 cm³/mol. The van der Waals surface area contributed by atoms with Gasteiger partial charge in [-0.3, -0.25) is 0 Å². The van der Waals surface area contributed by atoms with Crippen molar-refractivity contribution < 1.29 is 0 Å². The van der Waals surface area contributed by atoms with E-state index >= 15 is 0 Å². The van der Waals surface area contributed by atoms with Gasteiger partial charge in [-0.05, 0) is 0 Å². The average Bonchev–Trinajstić information content (AvgIpc) is 1.63. The molecule has 0 amide bonds. The third-order valence-corrected chi connectivity index (χ3v) is 6.63. The summed E-state index contributed by atoms with van der Waals surface area (Å²) in [4.78, 5) is 0. The second kappa shape index (κ2) is 5.59. The molecule has 0 bridgehead atoms. The molecule has 0 aromatic carbocycles. The summed E-state index contributed by atoms with van der Waals surface area (Å²) in [5.74, 6) is 1.92. The normalized spacial score (nSPS) is 11.3. The molecule has 0 unspecified atom stereocenters. The summed E-state index contributed by atoms with van der Waals surface area (Å²) in [6, 6.07) is 0. The molecule has 0 aliphatic heterocycles. The van der Waals surface area contributed by atoms with E-state index in [1.165, 1.54) is 0 Å². The summed E-state index contributed by atoms with van der Waals surface area (Å²) < 4.78 is 3.10. The zero-order valence-electron chi connectivity index (χ0n) is 7.02. The fourth-order valence-electron chi connectivity index (χ4n) is 0.591. The van der Waals surface area contributed by atoms with Crippen LogP contribution in [0.15, 0.2) is 0 Å². The van der Waals surface area contributed by atoms with E-state index in [9.17, 15) is 0 Å². The molecule has 0 aliphatic carbocycles. The van der Waals surface area contributed by atoms with Crippen molar-refractivity contribution in [2.45, 2.75) is 36.4 Å². The summed E-state index contributed by atoms with van der Waals surface area (Å²) in [7, 11) is 0. The molecule has 0 aromatic heterocycles. The van der Waals surface area contributed by atoms with Gasteiger partial charge in [0.15, 0.2) is 0 Å². The van der Waals surface area contributed by atoms with Crippen molar-refractivity contribution >= 4 is 21.6 Å². The van der Waals surface area contributed by atoms with Crippen molar-refractivity contribution in [3.63, 3.8) is 0 Å². The molecule has 0 aromatic rings. The SMILES string of the molecule is CC(C)[CH2][Sb][CH2]C(C)C. The Kier molecular flexibility index (Phi) is 6.10. The first-order valence-electron chi connectivity index (χ1n) is 3.76. The predicted octanol–water partition coefficient (Wildman–Crippen LogP) is 2.84. The molecule has 0 nitrogen and oxygen atoms in total. The van der Waals surface area contributed by atoms with E-state index in [0.29, 0.717) is 0 Å². The molecule has 1 radical (unpaired) electrons. The Morgan fingerprint density at radius 3 is 1.44 bits per heavy atom. The van der Waals surface area contributed by atoms with E-state index < -0.39 is 0 Å². The average molecular weight is 236 g/mol. The Morgan fingerprint density at radius 1 is 0.889 bits per heavy atom. The maximum absolute atomic E-state index is 2.33. The van der Waals surface area contributed by atoms with Crippen LogP contribution in [0.25, 0.3) is 0 Å². The van der Waals surface area contributed by atoms with E-state index in [-0.39, 0.29) is 21.6 Å². The van der Waals surface area contributed by atoms with Crippen LogP contribution >= 0.6 is 0 Å². The zero-order chi connectivity index (χ0) is 7.28. The Labute approximate surface area is 69.9 Å². The van der Waals surface area contributed by atoms with Crippen LogP contribution < -0.4 is 0 Å². The molecule has 0 N–H and O–H groups in total. The van der Waals surface area contributed by atoms with Crippen LogP contribution in [0.5, 0.6) is 0 Å². The van der Waals surface area contributed by atoms with E-state index in [1.807, 2.05) is 0 Å². The van der Waals surface area contributed by atoms with E-state index in [4.69, 9.17) is 0 Å². The van der Waals surface area contributed by atoms with Gasteiger partial charge in [-0.25, -0.2) is 0 Å². The van der Waals surface area contributed by atoms with Gasteiger partial charge < -0.3 is 0 Å². The summed E-state index contributed by atoms with van der Waals surface area (Å²) in [5, 5.41) is 0. The Morgan fingerprint density at radius 2 is 1.22 bits per heavy atom. The molecule has 0 atom stereocenters. The fourth-order valence-corrected chi connectivity index (χ4v) is 3.96. The third-order valence-electron chi connectivity index (χ3n) is 0.988. The van der Waals surface area contributed by atoms with Gasteiger partial charge in [0.1, 0.15) is 0 Å². The first-order chi connectivity index (χ1) is 4.13. The molecule has 0 saturated carbocycles. The summed E-state index contributed by atoms with van der Waals surface area (Å²) in [6.07, 6.45) is 0.